The summed E-state index contributed by atoms with van der Waals surface area (Å²) in [6.07, 6.45) is 0.117. The monoisotopic (exact) mass is 406 g/mol. The average molecular weight is 407 g/mol. The number of pyridine rings is 1. The minimum atomic E-state index is -1.19. The first-order chi connectivity index (χ1) is 12.8. The summed E-state index contributed by atoms with van der Waals surface area (Å²) < 4.78 is 10.4. The maximum Gasteiger partial charge on any atom is 0.375 e. The Kier molecular flexibility index (Phi) is 5.43. The van der Waals surface area contributed by atoms with Crippen LogP contribution in [0.3, 0.4) is 0 Å². The minimum absolute atomic E-state index is 0.0752. The van der Waals surface area contributed by atoms with Crippen LogP contribution in [0.1, 0.15) is 17.5 Å². The Morgan fingerprint density at radius 3 is 2.70 bits per heavy atom. The number of aromatic nitrogens is 1. The number of carbonyl (C=O) groups is 2. The fourth-order valence-corrected chi connectivity index (χ4v) is 2.63. The second kappa shape index (κ2) is 7.77. The largest absolute Gasteiger partial charge is 0.449 e. The molecule has 1 aromatic carbocycles. The molecule has 0 aliphatic rings. The molecule has 138 valence electrons. The minimum Gasteiger partial charge on any atom is -0.449 e. The van der Waals surface area contributed by atoms with E-state index in [2.05, 4.69) is 10.3 Å². The van der Waals surface area contributed by atoms with Gasteiger partial charge in [-0.25, -0.2) is 9.78 Å². The van der Waals surface area contributed by atoms with Crippen molar-refractivity contribution < 1.29 is 18.7 Å². The lowest BCUT2D eigenvalue weighted by Gasteiger charge is -2.13. The second-order valence-electron chi connectivity index (χ2n) is 5.49. The number of nitrogens with one attached hydrogen (secondary N) is 1. The standard InChI is InChI=1S/C18H12Cl2N2O5/c1-9(17(24)22-16-12(20)6-10(19)8-21-16)26-18(25)15-7-13(23)11-4-2-3-5-14(11)27-15/h2-9H,1H3,(H,21,22,24)/t9-/m1/s1. The summed E-state index contributed by atoms with van der Waals surface area (Å²) in [7, 11) is 0. The van der Waals surface area contributed by atoms with E-state index in [0.29, 0.717) is 10.4 Å². The van der Waals surface area contributed by atoms with Crippen molar-refractivity contribution in [1.29, 1.82) is 0 Å². The summed E-state index contributed by atoms with van der Waals surface area (Å²) in [6, 6.07) is 8.91. The van der Waals surface area contributed by atoms with Crippen LogP contribution >= 0.6 is 23.2 Å². The molecule has 0 unspecified atom stereocenters. The van der Waals surface area contributed by atoms with Crippen molar-refractivity contribution in [3.63, 3.8) is 0 Å². The fourth-order valence-electron chi connectivity index (χ4n) is 2.20. The molecule has 1 atom stereocenters. The van der Waals surface area contributed by atoms with Crippen LogP contribution in [0.4, 0.5) is 5.82 Å². The molecule has 9 heteroatoms. The maximum atomic E-state index is 12.2. The summed E-state index contributed by atoms with van der Waals surface area (Å²) in [5.74, 6) is -1.84. The van der Waals surface area contributed by atoms with E-state index in [1.165, 1.54) is 19.2 Å². The summed E-state index contributed by atoms with van der Waals surface area (Å²) in [4.78, 5) is 40.3. The molecule has 3 rings (SSSR count). The molecule has 2 aromatic heterocycles. The normalized spacial score (nSPS) is 11.8. The smallest absolute Gasteiger partial charge is 0.375 e. The van der Waals surface area contributed by atoms with E-state index in [1.807, 2.05) is 0 Å². The zero-order valence-electron chi connectivity index (χ0n) is 13.9. The van der Waals surface area contributed by atoms with Crippen molar-refractivity contribution in [2.45, 2.75) is 13.0 Å². The molecule has 1 amide bonds. The predicted octanol–water partition coefficient (Wildman–Crippen LogP) is 3.68. The molecule has 0 spiro atoms. The van der Waals surface area contributed by atoms with Crippen LogP contribution in [-0.4, -0.2) is 23.0 Å². The number of para-hydroxylation sites is 1. The molecule has 0 radical (unpaired) electrons. The number of esters is 1. The van der Waals surface area contributed by atoms with Gasteiger partial charge in [0.1, 0.15) is 5.58 Å². The highest BCUT2D eigenvalue weighted by atomic mass is 35.5. The van der Waals surface area contributed by atoms with Crippen molar-refractivity contribution in [2.24, 2.45) is 0 Å². The Hall–Kier alpha value is -2.90. The van der Waals surface area contributed by atoms with E-state index >= 15 is 0 Å². The van der Waals surface area contributed by atoms with E-state index in [-0.39, 0.29) is 22.2 Å². The third kappa shape index (κ3) is 4.27. The van der Waals surface area contributed by atoms with Gasteiger partial charge in [-0.05, 0) is 25.1 Å². The van der Waals surface area contributed by atoms with Gasteiger partial charge in [0.25, 0.3) is 5.91 Å². The molecule has 27 heavy (non-hydrogen) atoms. The number of rotatable bonds is 4. The molecule has 3 aromatic rings. The highest BCUT2D eigenvalue weighted by Gasteiger charge is 2.22. The maximum absolute atomic E-state index is 12.2. The van der Waals surface area contributed by atoms with Crippen molar-refractivity contribution in [2.75, 3.05) is 5.32 Å². The van der Waals surface area contributed by atoms with Gasteiger partial charge in [-0.3, -0.25) is 9.59 Å². The third-order valence-electron chi connectivity index (χ3n) is 3.54. The van der Waals surface area contributed by atoms with E-state index in [4.69, 9.17) is 32.4 Å². The van der Waals surface area contributed by atoms with E-state index in [0.717, 1.165) is 6.07 Å². The summed E-state index contributed by atoms with van der Waals surface area (Å²) in [5, 5.41) is 3.20. The average Bonchev–Trinajstić information content (AvgIpc) is 2.63. The first-order valence-corrected chi connectivity index (χ1v) is 8.46. The highest BCUT2D eigenvalue weighted by molar-refractivity contribution is 6.36. The van der Waals surface area contributed by atoms with E-state index in [1.54, 1.807) is 24.3 Å². The number of carbonyl (C=O) groups excluding carboxylic acids is 2. The number of anilines is 1. The summed E-state index contributed by atoms with van der Waals surface area (Å²) in [6.45, 7) is 1.36. The molecule has 7 nitrogen and oxygen atoms in total. The van der Waals surface area contributed by atoms with Crippen LogP contribution in [0.5, 0.6) is 0 Å². The Morgan fingerprint density at radius 2 is 1.96 bits per heavy atom. The van der Waals surface area contributed by atoms with Crippen molar-refractivity contribution in [1.82, 2.24) is 4.98 Å². The van der Waals surface area contributed by atoms with Gasteiger partial charge >= 0.3 is 5.97 Å². The molecule has 0 bridgehead atoms. The van der Waals surface area contributed by atoms with Crippen molar-refractivity contribution in [3.05, 3.63) is 68.6 Å². The molecular weight excluding hydrogens is 395 g/mol. The molecule has 0 saturated heterocycles. The molecule has 0 saturated carbocycles. The van der Waals surface area contributed by atoms with Gasteiger partial charge in [0, 0.05) is 12.3 Å². The topological polar surface area (TPSA) is 98.5 Å². The van der Waals surface area contributed by atoms with Crippen molar-refractivity contribution in [3.8, 4) is 0 Å². The number of halogens is 2. The SMILES string of the molecule is C[C@@H](OC(=O)c1cc(=O)c2ccccc2o1)C(=O)Nc1ncc(Cl)cc1Cl. The predicted molar refractivity (Wildman–Crippen MR) is 100 cm³/mol. The molecule has 2 heterocycles. The van der Waals surface area contributed by atoms with Crippen LogP contribution < -0.4 is 10.7 Å². The Labute approximate surface area is 162 Å². The molecule has 0 aliphatic carbocycles. The van der Waals surface area contributed by atoms with Gasteiger partial charge in [-0.2, -0.15) is 0 Å². The van der Waals surface area contributed by atoms with Crippen LogP contribution in [0.25, 0.3) is 11.0 Å². The van der Waals surface area contributed by atoms with Gasteiger partial charge < -0.3 is 14.5 Å². The third-order valence-corrected chi connectivity index (χ3v) is 4.03. The van der Waals surface area contributed by atoms with Crippen LogP contribution in [0.15, 0.2) is 51.8 Å². The summed E-state index contributed by atoms with van der Waals surface area (Å²) >= 11 is 11.7. The number of hydrogen-bond donors (Lipinski definition) is 1. The fraction of sp³-hybridized carbons (Fsp3) is 0.111. The van der Waals surface area contributed by atoms with Crippen LogP contribution in [-0.2, 0) is 9.53 Å². The molecule has 0 aliphatic heterocycles. The van der Waals surface area contributed by atoms with Crippen molar-refractivity contribution >= 4 is 51.9 Å². The van der Waals surface area contributed by atoms with Crippen LogP contribution in [0.2, 0.25) is 10.0 Å². The number of hydrogen-bond acceptors (Lipinski definition) is 6. The first-order valence-electron chi connectivity index (χ1n) is 7.71. The number of fused-ring (bicyclic) bond motifs is 1. The number of amides is 1. The lowest BCUT2D eigenvalue weighted by atomic mass is 10.2. The Morgan fingerprint density at radius 1 is 1.22 bits per heavy atom. The van der Waals surface area contributed by atoms with E-state index in [9.17, 15) is 14.4 Å². The number of benzene rings is 1. The zero-order valence-corrected chi connectivity index (χ0v) is 15.4. The lowest BCUT2D eigenvalue weighted by Crippen LogP contribution is -2.30. The lowest BCUT2D eigenvalue weighted by molar-refractivity contribution is -0.123. The van der Waals surface area contributed by atoms with Crippen LogP contribution in [0, 0.1) is 0 Å². The first kappa shape index (κ1) is 18.9. The molecule has 1 N–H and O–H groups in total. The van der Waals surface area contributed by atoms with Gasteiger partial charge in [0.2, 0.25) is 5.76 Å². The van der Waals surface area contributed by atoms with Gasteiger partial charge in [0.15, 0.2) is 17.4 Å². The Balaban J connectivity index is 1.73. The van der Waals surface area contributed by atoms with Gasteiger partial charge in [-0.1, -0.05) is 35.3 Å². The van der Waals surface area contributed by atoms with E-state index < -0.39 is 23.4 Å². The van der Waals surface area contributed by atoms with Gasteiger partial charge in [-0.15, -0.1) is 0 Å². The second-order valence-corrected chi connectivity index (χ2v) is 6.34. The zero-order chi connectivity index (χ0) is 19.6. The number of nitrogens with zero attached hydrogens (tertiary/aromatic N) is 1. The summed E-state index contributed by atoms with van der Waals surface area (Å²) in [5.41, 5.74) is -0.149. The highest BCUT2D eigenvalue weighted by Crippen LogP contribution is 2.22. The van der Waals surface area contributed by atoms with Gasteiger partial charge in [0.05, 0.1) is 15.4 Å². The molecule has 0 fully saturated rings. The quantitative estimate of drug-likeness (QED) is 0.663. The molecular formula is C18H12Cl2N2O5. The Bertz CT molecular complexity index is 1100. The number of ether oxygens (including phenoxy) is 1.